The summed E-state index contributed by atoms with van der Waals surface area (Å²) in [5.41, 5.74) is 1.26. The molecule has 0 aromatic heterocycles. The summed E-state index contributed by atoms with van der Waals surface area (Å²) < 4.78 is 0. The number of phenolic OH excluding ortho intramolecular Hbond substituents is 1. The van der Waals surface area contributed by atoms with Crippen LogP contribution >= 0.6 is 0 Å². The number of anilines is 1. The number of aryl methyl sites for hydroxylation is 1. The van der Waals surface area contributed by atoms with Crippen molar-refractivity contribution in [3.63, 3.8) is 0 Å². The van der Waals surface area contributed by atoms with Crippen molar-refractivity contribution < 1.29 is 14.7 Å². The van der Waals surface area contributed by atoms with E-state index in [1.807, 2.05) is 0 Å². The quantitative estimate of drug-likeness (QED) is 0.806. The van der Waals surface area contributed by atoms with E-state index in [4.69, 9.17) is 0 Å². The van der Waals surface area contributed by atoms with Gasteiger partial charge in [0, 0.05) is 12.8 Å². The average Bonchev–Trinajstić information content (AvgIpc) is 2.41. The molecule has 112 valence electrons. The molecule has 1 aromatic rings. The lowest BCUT2D eigenvalue weighted by atomic mass is 9.67. The van der Waals surface area contributed by atoms with E-state index in [2.05, 4.69) is 0 Å². The van der Waals surface area contributed by atoms with Gasteiger partial charge in [0.1, 0.15) is 5.75 Å². The van der Waals surface area contributed by atoms with Crippen molar-refractivity contribution >= 4 is 17.5 Å². The molecule has 1 heterocycles. The average molecular weight is 287 g/mol. The summed E-state index contributed by atoms with van der Waals surface area (Å²) in [6, 6.07) is 4.76. The number of hydrogen-bond acceptors (Lipinski definition) is 3. The lowest BCUT2D eigenvalue weighted by Crippen LogP contribution is -2.49. The van der Waals surface area contributed by atoms with Gasteiger partial charge in [-0.1, -0.05) is 19.3 Å². The molecule has 3 rings (SSSR count). The summed E-state index contributed by atoms with van der Waals surface area (Å²) in [6.07, 6.45) is 6.39. The van der Waals surface area contributed by atoms with Crippen LogP contribution in [0.2, 0.25) is 0 Å². The number of hydrogen-bond donors (Lipinski definition) is 1. The summed E-state index contributed by atoms with van der Waals surface area (Å²) in [7, 11) is 0. The summed E-state index contributed by atoms with van der Waals surface area (Å²) in [4.78, 5) is 26.4. The van der Waals surface area contributed by atoms with Crippen LogP contribution in [-0.2, 0) is 9.59 Å². The molecular formula is C17H21NO3. The third kappa shape index (κ3) is 2.55. The number of aromatic hydroxyl groups is 1. The Bertz CT molecular complexity index is 568. The Morgan fingerprint density at radius 2 is 1.67 bits per heavy atom. The highest BCUT2D eigenvalue weighted by atomic mass is 16.3. The van der Waals surface area contributed by atoms with Gasteiger partial charge in [0.2, 0.25) is 11.8 Å². The first-order chi connectivity index (χ1) is 10.0. The Morgan fingerprint density at radius 3 is 2.24 bits per heavy atom. The Kier molecular flexibility index (Phi) is 3.47. The molecular weight excluding hydrogens is 266 g/mol. The predicted octanol–water partition coefficient (Wildman–Crippen LogP) is 3.30. The molecule has 2 aliphatic rings. The number of carbonyl (C=O) groups excluding carboxylic acids is 2. The van der Waals surface area contributed by atoms with E-state index in [9.17, 15) is 14.7 Å². The number of carbonyl (C=O) groups is 2. The van der Waals surface area contributed by atoms with Crippen molar-refractivity contribution in [2.45, 2.75) is 51.9 Å². The summed E-state index contributed by atoms with van der Waals surface area (Å²) in [5.74, 6) is -0.0409. The highest BCUT2D eigenvalue weighted by molar-refractivity contribution is 6.17. The normalized spacial score (nSPS) is 21.9. The molecule has 0 unspecified atom stereocenters. The van der Waals surface area contributed by atoms with Crippen LogP contribution < -0.4 is 4.90 Å². The van der Waals surface area contributed by atoms with Crippen molar-refractivity contribution in [3.8, 4) is 5.75 Å². The molecule has 1 spiro atoms. The fourth-order valence-corrected chi connectivity index (χ4v) is 3.82. The maximum Gasteiger partial charge on any atom is 0.234 e. The SMILES string of the molecule is Cc1cc(O)ccc1N1C(=O)CC2(CCCCC2)CC1=O. The fourth-order valence-electron chi connectivity index (χ4n) is 3.82. The molecule has 1 saturated carbocycles. The maximum atomic E-state index is 12.6. The van der Waals surface area contributed by atoms with Crippen LogP contribution in [0.5, 0.6) is 5.75 Å². The van der Waals surface area contributed by atoms with E-state index in [0.29, 0.717) is 18.5 Å². The molecule has 0 bridgehead atoms. The third-order valence-corrected chi connectivity index (χ3v) is 4.89. The zero-order valence-corrected chi connectivity index (χ0v) is 12.4. The van der Waals surface area contributed by atoms with E-state index in [-0.39, 0.29) is 23.0 Å². The maximum absolute atomic E-state index is 12.6. The molecule has 1 saturated heterocycles. The van der Waals surface area contributed by atoms with Gasteiger partial charge in [-0.3, -0.25) is 14.5 Å². The van der Waals surface area contributed by atoms with Gasteiger partial charge in [-0.2, -0.15) is 0 Å². The number of imide groups is 1. The lowest BCUT2D eigenvalue weighted by molar-refractivity contribution is -0.134. The Balaban J connectivity index is 1.88. The smallest absolute Gasteiger partial charge is 0.234 e. The molecule has 4 nitrogen and oxygen atoms in total. The van der Waals surface area contributed by atoms with E-state index in [1.54, 1.807) is 19.1 Å². The molecule has 2 fully saturated rings. The first-order valence-electron chi connectivity index (χ1n) is 7.66. The van der Waals surface area contributed by atoms with E-state index < -0.39 is 0 Å². The molecule has 1 N–H and O–H groups in total. The first-order valence-corrected chi connectivity index (χ1v) is 7.66. The Hall–Kier alpha value is -1.84. The summed E-state index contributed by atoms with van der Waals surface area (Å²) in [6.45, 7) is 1.81. The zero-order valence-electron chi connectivity index (χ0n) is 12.4. The molecule has 0 radical (unpaired) electrons. The first kappa shape index (κ1) is 14.1. The summed E-state index contributed by atoms with van der Waals surface area (Å²) >= 11 is 0. The Morgan fingerprint density at radius 1 is 1.05 bits per heavy atom. The van der Waals surface area contributed by atoms with Gasteiger partial charge in [-0.15, -0.1) is 0 Å². The van der Waals surface area contributed by atoms with E-state index in [1.165, 1.54) is 17.4 Å². The second-order valence-corrected chi connectivity index (χ2v) is 6.51. The van der Waals surface area contributed by atoms with Gasteiger partial charge in [0.05, 0.1) is 5.69 Å². The van der Waals surface area contributed by atoms with Gasteiger partial charge < -0.3 is 5.11 Å². The minimum atomic E-state index is -0.0954. The van der Waals surface area contributed by atoms with Crippen molar-refractivity contribution in [3.05, 3.63) is 23.8 Å². The zero-order chi connectivity index (χ0) is 15.0. The molecule has 0 atom stereocenters. The van der Waals surface area contributed by atoms with Gasteiger partial charge in [-0.25, -0.2) is 0 Å². The van der Waals surface area contributed by atoms with Crippen LogP contribution in [0, 0.1) is 12.3 Å². The molecule has 4 heteroatoms. The van der Waals surface area contributed by atoms with Crippen LogP contribution in [0.1, 0.15) is 50.5 Å². The van der Waals surface area contributed by atoms with E-state index >= 15 is 0 Å². The van der Waals surface area contributed by atoms with Gasteiger partial charge >= 0.3 is 0 Å². The number of amides is 2. The van der Waals surface area contributed by atoms with Crippen LogP contribution in [0.3, 0.4) is 0 Å². The molecule has 1 aromatic carbocycles. The molecule has 21 heavy (non-hydrogen) atoms. The van der Waals surface area contributed by atoms with Crippen LogP contribution in [0.4, 0.5) is 5.69 Å². The van der Waals surface area contributed by atoms with Gasteiger partial charge in [-0.05, 0) is 48.9 Å². The van der Waals surface area contributed by atoms with Crippen LogP contribution in [0.15, 0.2) is 18.2 Å². The molecule has 1 aliphatic carbocycles. The third-order valence-electron chi connectivity index (χ3n) is 4.89. The van der Waals surface area contributed by atoms with Crippen molar-refractivity contribution in [1.29, 1.82) is 0 Å². The number of nitrogens with zero attached hydrogens (tertiary/aromatic N) is 1. The molecule has 1 aliphatic heterocycles. The van der Waals surface area contributed by atoms with Crippen LogP contribution in [0.25, 0.3) is 0 Å². The number of phenols is 1. The number of benzene rings is 1. The number of piperidine rings is 1. The monoisotopic (exact) mass is 287 g/mol. The highest BCUT2D eigenvalue weighted by Gasteiger charge is 2.44. The second-order valence-electron chi connectivity index (χ2n) is 6.51. The van der Waals surface area contributed by atoms with E-state index in [0.717, 1.165) is 31.2 Å². The second kappa shape index (κ2) is 5.17. The number of rotatable bonds is 1. The van der Waals surface area contributed by atoms with Gasteiger partial charge in [0.25, 0.3) is 0 Å². The van der Waals surface area contributed by atoms with Crippen molar-refractivity contribution in [2.24, 2.45) is 5.41 Å². The summed E-state index contributed by atoms with van der Waals surface area (Å²) in [5, 5.41) is 9.48. The minimum absolute atomic E-state index is 0.0895. The van der Waals surface area contributed by atoms with Gasteiger partial charge in [0.15, 0.2) is 0 Å². The largest absolute Gasteiger partial charge is 0.508 e. The Labute approximate surface area is 124 Å². The lowest BCUT2D eigenvalue weighted by Gasteiger charge is -2.42. The van der Waals surface area contributed by atoms with Crippen LogP contribution in [-0.4, -0.2) is 16.9 Å². The standard InChI is InChI=1S/C17H21NO3/c1-12-9-13(19)5-6-14(12)18-15(20)10-17(11-16(18)21)7-3-2-4-8-17/h5-6,9,19H,2-4,7-8,10-11H2,1H3. The predicted molar refractivity (Wildman–Crippen MR) is 80.1 cm³/mol. The molecule has 2 amide bonds. The topological polar surface area (TPSA) is 57.6 Å². The highest BCUT2D eigenvalue weighted by Crippen LogP contribution is 2.46. The van der Waals surface area contributed by atoms with Crippen molar-refractivity contribution in [2.75, 3.05) is 4.90 Å². The fraction of sp³-hybridized carbons (Fsp3) is 0.529. The minimum Gasteiger partial charge on any atom is -0.508 e. The van der Waals surface area contributed by atoms with Crippen molar-refractivity contribution in [1.82, 2.24) is 0 Å².